The molecule has 9 heteroatoms. The highest BCUT2D eigenvalue weighted by Gasteiger charge is 2.10. The van der Waals surface area contributed by atoms with Gasteiger partial charge in [-0.15, -0.1) is 0 Å². The first kappa shape index (κ1) is 17.5. The van der Waals surface area contributed by atoms with E-state index in [2.05, 4.69) is 25.3 Å². The van der Waals surface area contributed by atoms with Crippen LogP contribution < -0.4 is 11.1 Å². The Kier molecular flexibility index (Phi) is 4.55. The maximum Gasteiger partial charge on any atom is 0.228 e. The van der Waals surface area contributed by atoms with Crippen LogP contribution in [0.3, 0.4) is 0 Å². The van der Waals surface area contributed by atoms with Gasteiger partial charge in [0.15, 0.2) is 5.82 Å². The van der Waals surface area contributed by atoms with Crippen molar-refractivity contribution in [2.75, 3.05) is 11.1 Å². The number of benzene rings is 1. The van der Waals surface area contributed by atoms with E-state index in [9.17, 15) is 0 Å². The van der Waals surface area contributed by atoms with E-state index in [1.165, 1.54) is 0 Å². The van der Waals surface area contributed by atoms with Crippen LogP contribution in [-0.4, -0.2) is 24.3 Å². The van der Waals surface area contributed by atoms with Crippen LogP contribution in [-0.2, 0) is 6.54 Å². The van der Waals surface area contributed by atoms with Gasteiger partial charge >= 0.3 is 0 Å². The van der Waals surface area contributed by atoms with Gasteiger partial charge in [-0.1, -0.05) is 35.3 Å². The Morgan fingerprint density at radius 3 is 2.81 bits per heavy atom. The third-order valence-corrected chi connectivity index (χ3v) is 4.95. The van der Waals surface area contributed by atoms with E-state index in [-0.39, 0.29) is 5.95 Å². The fourth-order valence-corrected chi connectivity index (χ4v) is 3.10. The Hall–Kier alpha value is -2.90. The van der Waals surface area contributed by atoms with Crippen molar-refractivity contribution in [3.8, 4) is 11.4 Å². The van der Waals surface area contributed by atoms with Crippen LogP contribution >= 0.6 is 23.2 Å². The normalized spacial score (nSPS) is 11.1. The minimum atomic E-state index is 0.127. The highest BCUT2D eigenvalue weighted by molar-refractivity contribution is 6.42. The van der Waals surface area contributed by atoms with Crippen molar-refractivity contribution in [2.24, 2.45) is 0 Å². The lowest BCUT2D eigenvalue weighted by Crippen LogP contribution is -2.08. The Morgan fingerprint density at radius 1 is 1.11 bits per heavy atom. The number of aryl methyl sites for hydroxylation is 1. The van der Waals surface area contributed by atoms with E-state index in [4.69, 9.17) is 28.9 Å². The second-order valence-electron chi connectivity index (χ2n) is 5.93. The molecule has 7 nitrogen and oxygen atoms in total. The first-order chi connectivity index (χ1) is 13.0. The molecule has 27 heavy (non-hydrogen) atoms. The number of nitrogens with one attached hydrogen (secondary N) is 1. The van der Waals surface area contributed by atoms with Crippen LogP contribution in [0.15, 0.2) is 42.7 Å². The SMILES string of the molecule is Cc1ncc2ccc(-c3nc(N)nc(NCc4cccc(Cl)c4Cl)n3)cn12. The minimum absolute atomic E-state index is 0.127. The van der Waals surface area contributed by atoms with Gasteiger partial charge in [0, 0.05) is 18.3 Å². The number of hydrogen-bond acceptors (Lipinski definition) is 6. The molecule has 3 heterocycles. The standard InChI is InChI=1S/C18H15Cl2N7/c1-10-22-8-13-6-5-12(9-27(10)13)16-24-17(21)26-18(25-16)23-7-11-3-2-4-14(19)15(11)20/h2-6,8-9H,7H2,1H3,(H3,21,23,24,25,26). The summed E-state index contributed by atoms with van der Waals surface area (Å²) < 4.78 is 1.97. The molecule has 0 saturated carbocycles. The predicted molar refractivity (Wildman–Crippen MR) is 107 cm³/mol. The molecule has 0 aliphatic rings. The van der Waals surface area contributed by atoms with E-state index in [1.807, 2.05) is 48.0 Å². The van der Waals surface area contributed by atoms with Gasteiger partial charge in [0.1, 0.15) is 5.82 Å². The zero-order chi connectivity index (χ0) is 19.0. The van der Waals surface area contributed by atoms with Crippen LogP contribution in [0.2, 0.25) is 10.0 Å². The molecule has 0 atom stereocenters. The molecule has 0 unspecified atom stereocenters. The van der Waals surface area contributed by atoms with Crippen LogP contribution in [0, 0.1) is 6.92 Å². The topological polar surface area (TPSA) is 94.0 Å². The molecule has 0 fully saturated rings. The molecule has 0 radical (unpaired) electrons. The summed E-state index contributed by atoms with van der Waals surface area (Å²) in [6.45, 7) is 2.34. The summed E-state index contributed by atoms with van der Waals surface area (Å²) in [5.74, 6) is 1.83. The molecule has 4 aromatic rings. The maximum atomic E-state index is 6.22. The summed E-state index contributed by atoms with van der Waals surface area (Å²) in [4.78, 5) is 17.2. The van der Waals surface area contributed by atoms with Crippen molar-refractivity contribution in [1.29, 1.82) is 0 Å². The number of rotatable bonds is 4. The minimum Gasteiger partial charge on any atom is -0.368 e. The van der Waals surface area contributed by atoms with Gasteiger partial charge in [-0.3, -0.25) is 0 Å². The van der Waals surface area contributed by atoms with Crippen molar-refractivity contribution in [3.05, 3.63) is 64.2 Å². The average Bonchev–Trinajstić information content (AvgIpc) is 3.03. The van der Waals surface area contributed by atoms with Crippen molar-refractivity contribution in [2.45, 2.75) is 13.5 Å². The molecule has 3 aromatic heterocycles. The quantitative estimate of drug-likeness (QED) is 0.538. The zero-order valence-corrected chi connectivity index (χ0v) is 15.8. The Morgan fingerprint density at radius 2 is 1.96 bits per heavy atom. The van der Waals surface area contributed by atoms with Crippen LogP contribution in [0.25, 0.3) is 16.9 Å². The molecule has 1 aromatic carbocycles. The molecule has 0 bridgehead atoms. The lowest BCUT2D eigenvalue weighted by molar-refractivity contribution is 1.01. The number of pyridine rings is 1. The highest BCUT2D eigenvalue weighted by Crippen LogP contribution is 2.26. The van der Waals surface area contributed by atoms with Gasteiger partial charge in [0.05, 0.1) is 21.8 Å². The Bertz CT molecular complexity index is 1140. The number of hydrogen-bond donors (Lipinski definition) is 2. The highest BCUT2D eigenvalue weighted by atomic mass is 35.5. The predicted octanol–water partition coefficient (Wildman–Crippen LogP) is 4.00. The summed E-state index contributed by atoms with van der Waals surface area (Å²) in [6.07, 6.45) is 3.73. The van der Waals surface area contributed by atoms with E-state index in [1.54, 1.807) is 6.07 Å². The molecule has 0 aliphatic carbocycles. The first-order valence-corrected chi connectivity index (χ1v) is 8.89. The summed E-state index contributed by atoms with van der Waals surface area (Å²) in [6, 6.07) is 9.32. The third-order valence-electron chi connectivity index (χ3n) is 4.09. The molecular weight excluding hydrogens is 385 g/mol. The number of anilines is 2. The molecule has 0 aliphatic heterocycles. The first-order valence-electron chi connectivity index (χ1n) is 8.13. The summed E-state index contributed by atoms with van der Waals surface area (Å²) in [5, 5.41) is 4.11. The third kappa shape index (κ3) is 3.51. The lowest BCUT2D eigenvalue weighted by atomic mass is 10.2. The number of aromatic nitrogens is 5. The van der Waals surface area contributed by atoms with Gasteiger partial charge < -0.3 is 15.5 Å². The fourth-order valence-electron chi connectivity index (χ4n) is 2.71. The molecule has 136 valence electrons. The molecule has 0 saturated heterocycles. The molecule has 0 spiro atoms. The Labute approximate surface area is 165 Å². The fraction of sp³-hybridized carbons (Fsp3) is 0.111. The van der Waals surface area contributed by atoms with Gasteiger partial charge in [0.2, 0.25) is 11.9 Å². The van der Waals surface area contributed by atoms with Crippen LogP contribution in [0.1, 0.15) is 11.4 Å². The number of imidazole rings is 1. The van der Waals surface area contributed by atoms with Gasteiger partial charge in [-0.2, -0.15) is 15.0 Å². The van der Waals surface area contributed by atoms with E-state index >= 15 is 0 Å². The smallest absolute Gasteiger partial charge is 0.228 e. The maximum absolute atomic E-state index is 6.22. The van der Waals surface area contributed by atoms with E-state index in [0.29, 0.717) is 28.4 Å². The van der Waals surface area contributed by atoms with Crippen molar-refractivity contribution in [3.63, 3.8) is 0 Å². The second kappa shape index (κ2) is 7.02. The number of nitrogens with two attached hydrogens (primary N) is 1. The molecule has 0 amide bonds. The van der Waals surface area contributed by atoms with Crippen LogP contribution in [0.5, 0.6) is 0 Å². The summed E-state index contributed by atoms with van der Waals surface area (Å²) in [7, 11) is 0. The largest absolute Gasteiger partial charge is 0.368 e. The summed E-state index contributed by atoms with van der Waals surface area (Å²) >= 11 is 12.3. The molecular formula is C18H15Cl2N7. The van der Waals surface area contributed by atoms with Crippen molar-refractivity contribution < 1.29 is 0 Å². The van der Waals surface area contributed by atoms with Gasteiger partial charge in [-0.25, -0.2) is 4.98 Å². The monoisotopic (exact) mass is 399 g/mol. The van der Waals surface area contributed by atoms with Gasteiger partial charge in [-0.05, 0) is 30.7 Å². The Balaban J connectivity index is 1.64. The van der Waals surface area contributed by atoms with Crippen LogP contribution in [0.4, 0.5) is 11.9 Å². The van der Waals surface area contributed by atoms with Gasteiger partial charge in [0.25, 0.3) is 0 Å². The number of halogens is 2. The number of nitrogens with zero attached hydrogens (tertiary/aromatic N) is 5. The van der Waals surface area contributed by atoms with Crippen molar-refractivity contribution in [1.82, 2.24) is 24.3 Å². The zero-order valence-electron chi connectivity index (χ0n) is 14.3. The van der Waals surface area contributed by atoms with E-state index in [0.717, 1.165) is 22.5 Å². The van der Waals surface area contributed by atoms with E-state index < -0.39 is 0 Å². The summed E-state index contributed by atoms with van der Waals surface area (Å²) in [5.41, 5.74) is 8.51. The number of nitrogen functional groups attached to an aromatic ring is 1. The van der Waals surface area contributed by atoms with Crippen molar-refractivity contribution >= 4 is 40.6 Å². The molecule has 4 rings (SSSR count). The average molecular weight is 400 g/mol. The molecule has 3 N–H and O–H groups in total. The second-order valence-corrected chi connectivity index (χ2v) is 6.71. The number of fused-ring (bicyclic) bond motifs is 1. The lowest BCUT2D eigenvalue weighted by Gasteiger charge is -2.09.